The summed E-state index contributed by atoms with van der Waals surface area (Å²) >= 11 is 0. The summed E-state index contributed by atoms with van der Waals surface area (Å²) < 4.78 is 0. The highest BCUT2D eigenvalue weighted by atomic mass is 16.1. The number of nitrogens with zero attached hydrogens (tertiary/aromatic N) is 1. The first kappa shape index (κ1) is 13.5. The molecule has 0 saturated carbocycles. The Balaban J connectivity index is 2.53. The number of nitrogens with two attached hydrogens (primary N) is 2. The number of amides is 1. The summed E-state index contributed by atoms with van der Waals surface area (Å²) in [5.74, 6) is -0.420. The van der Waals surface area contributed by atoms with Crippen molar-refractivity contribution in [1.29, 1.82) is 0 Å². The SMILES string of the molecule is CC1(C)CCCN(CC(C)(N)C(N)=O)CC1. The van der Waals surface area contributed by atoms with E-state index >= 15 is 0 Å². The molecular weight excluding hydrogens is 202 g/mol. The Labute approximate surface area is 98.3 Å². The van der Waals surface area contributed by atoms with E-state index in [-0.39, 0.29) is 0 Å². The van der Waals surface area contributed by atoms with Crippen molar-refractivity contribution in [2.24, 2.45) is 16.9 Å². The molecule has 0 bridgehead atoms. The van der Waals surface area contributed by atoms with Gasteiger partial charge in [-0.1, -0.05) is 13.8 Å². The topological polar surface area (TPSA) is 72.3 Å². The molecule has 0 aromatic rings. The monoisotopic (exact) mass is 227 g/mol. The Kier molecular flexibility index (Phi) is 3.97. The molecule has 94 valence electrons. The zero-order valence-corrected chi connectivity index (χ0v) is 10.8. The quantitative estimate of drug-likeness (QED) is 0.745. The van der Waals surface area contributed by atoms with Gasteiger partial charge in [0.2, 0.25) is 5.91 Å². The minimum absolute atomic E-state index is 0.409. The Morgan fingerprint density at radius 2 is 2.00 bits per heavy atom. The first-order valence-electron chi connectivity index (χ1n) is 6.04. The summed E-state index contributed by atoms with van der Waals surface area (Å²) in [7, 11) is 0. The van der Waals surface area contributed by atoms with E-state index in [2.05, 4.69) is 18.7 Å². The van der Waals surface area contributed by atoms with E-state index in [1.165, 1.54) is 12.8 Å². The fourth-order valence-electron chi connectivity index (χ4n) is 2.18. The molecule has 4 nitrogen and oxygen atoms in total. The fourth-order valence-corrected chi connectivity index (χ4v) is 2.18. The van der Waals surface area contributed by atoms with Gasteiger partial charge < -0.3 is 16.4 Å². The van der Waals surface area contributed by atoms with E-state index in [4.69, 9.17) is 11.5 Å². The standard InChI is InChI=1S/C12H25N3O/c1-11(2)5-4-7-15(8-6-11)9-12(3,14)10(13)16/h4-9,14H2,1-3H3,(H2,13,16). The molecule has 1 aliphatic rings. The normalized spacial score (nSPS) is 25.8. The van der Waals surface area contributed by atoms with Gasteiger partial charge in [-0.3, -0.25) is 4.79 Å². The van der Waals surface area contributed by atoms with Gasteiger partial charge in [-0.05, 0) is 44.7 Å². The van der Waals surface area contributed by atoms with Crippen molar-refractivity contribution < 1.29 is 4.79 Å². The van der Waals surface area contributed by atoms with Gasteiger partial charge in [0.1, 0.15) is 5.54 Å². The molecule has 1 heterocycles. The molecule has 0 aromatic carbocycles. The van der Waals surface area contributed by atoms with Crippen molar-refractivity contribution in [3.05, 3.63) is 0 Å². The lowest BCUT2D eigenvalue weighted by Crippen LogP contribution is -2.56. The van der Waals surface area contributed by atoms with Gasteiger partial charge in [0.25, 0.3) is 0 Å². The summed E-state index contributed by atoms with van der Waals surface area (Å²) in [6, 6.07) is 0. The number of rotatable bonds is 3. The molecule has 1 fully saturated rings. The highest BCUT2D eigenvalue weighted by molar-refractivity contribution is 5.84. The zero-order chi connectivity index (χ0) is 12.4. The third-order valence-electron chi connectivity index (χ3n) is 3.55. The van der Waals surface area contributed by atoms with Crippen LogP contribution in [0.4, 0.5) is 0 Å². The van der Waals surface area contributed by atoms with E-state index in [0.717, 1.165) is 19.5 Å². The van der Waals surface area contributed by atoms with Crippen LogP contribution in [0.1, 0.15) is 40.0 Å². The third kappa shape index (κ3) is 3.76. The first-order chi connectivity index (χ1) is 7.23. The van der Waals surface area contributed by atoms with Crippen LogP contribution in [0.2, 0.25) is 0 Å². The van der Waals surface area contributed by atoms with Crippen molar-refractivity contribution >= 4 is 5.91 Å². The van der Waals surface area contributed by atoms with Crippen LogP contribution in [-0.4, -0.2) is 36.0 Å². The van der Waals surface area contributed by atoms with Gasteiger partial charge in [-0.2, -0.15) is 0 Å². The largest absolute Gasteiger partial charge is 0.368 e. The minimum Gasteiger partial charge on any atom is -0.368 e. The maximum Gasteiger partial charge on any atom is 0.238 e. The summed E-state index contributed by atoms with van der Waals surface area (Å²) in [6.45, 7) is 8.90. The van der Waals surface area contributed by atoms with E-state index in [0.29, 0.717) is 12.0 Å². The molecule has 4 N–H and O–H groups in total. The van der Waals surface area contributed by atoms with Gasteiger partial charge in [0.05, 0.1) is 0 Å². The lowest BCUT2D eigenvalue weighted by molar-refractivity contribution is -0.123. The molecule has 1 amide bonds. The maximum absolute atomic E-state index is 11.2. The van der Waals surface area contributed by atoms with Crippen molar-refractivity contribution in [3.63, 3.8) is 0 Å². The molecule has 16 heavy (non-hydrogen) atoms. The fraction of sp³-hybridized carbons (Fsp3) is 0.917. The molecule has 0 aromatic heterocycles. The van der Waals surface area contributed by atoms with Crippen LogP contribution in [0.25, 0.3) is 0 Å². The summed E-state index contributed by atoms with van der Waals surface area (Å²) in [6.07, 6.45) is 3.56. The molecule has 1 atom stereocenters. The molecular formula is C12H25N3O. The highest BCUT2D eigenvalue weighted by Gasteiger charge is 2.30. The Bertz CT molecular complexity index is 261. The molecule has 1 aliphatic heterocycles. The number of hydrogen-bond donors (Lipinski definition) is 2. The number of hydrogen-bond acceptors (Lipinski definition) is 3. The van der Waals surface area contributed by atoms with Crippen LogP contribution in [0, 0.1) is 5.41 Å². The van der Waals surface area contributed by atoms with Gasteiger partial charge in [-0.25, -0.2) is 0 Å². The summed E-state index contributed by atoms with van der Waals surface area (Å²) in [5.41, 5.74) is 10.7. The highest BCUT2D eigenvalue weighted by Crippen LogP contribution is 2.29. The van der Waals surface area contributed by atoms with Crippen molar-refractivity contribution in [1.82, 2.24) is 4.90 Å². The second-order valence-electron chi connectivity index (χ2n) is 6.08. The molecule has 0 radical (unpaired) electrons. The van der Waals surface area contributed by atoms with E-state index in [1.54, 1.807) is 6.92 Å². The second kappa shape index (κ2) is 4.72. The van der Waals surface area contributed by atoms with Crippen molar-refractivity contribution in [3.8, 4) is 0 Å². The second-order valence-corrected chi connectivity index (χ2v) is 6.08. The number of primary amides is 1. The van der Waals surface area contributed by atoms with Gasteiger partial charge in [-0.15, -0.1) is 0 Å². The van der Waals surface area contributed by atoms with Gasteiger partial charge in [0, 0.05) is 6.54 Å². The lowest BCUT2D eigenvalue weighted by Gasteiger charge is -2.29. The molecule has 0 spiro atoms. The molecule has 1 rings (SSSR count). The first-order valence-corrected chi connectivity index (χ1v) is 6.04. The zero-order valence-electron chi connectivity index (χ0n) is 10.8. The Morgan fingerprint density at radius 3 is 2.56 bits per heavy atom. The van der Waals surface area contributed by atoms with Crippen LogP contribution in [-0.2, 0) is 4.79 Å². The Morgan fingerprint density at radius 1 is 1.38 bits per heavy atom. The van der Waals surface area contributed by atoms with Crippen molar-refractivity contribution in [2.45, 2.75) is 45.6 Å². The lowest BCUT2D eigenvalue weighted by atomic mass is 9.85. The van der Waals surface area contributed by atoms with Crippen LogP contribution in [0.5, 0.6) is 0 Å². The number of carbonyl (C=O) groups excluding carboxylic acids is 1. The van der Waals surface area contributed by atoms with Crippen LogP contribution in [0.3, 0.4) is 0 Å². The minimum atomic E-state index is -0.908. The average molecular weight is 227 g/mol. The van der Waals surface area contributed by atoms with E-state index in [1.807, 2.05) is 0 Å². The van der Waals surface area contributed by atoms with Gasteiger partial charge >= 0.3 is 0 Å². The third-order valence-corrected chi connectivity index (χ3v) is 3.55. The van der Waals surface area contributed by atoms with Crippen molar-refractivity contribution in [2.75, 3.05) is 19.6 Å². The smallest absolute Gasteiger partial charge is 0.238 e. The predicted octanol–water partition coefficient (Wildman–Crippen LogP) is 0.701. The Hall–Kier alpha value is -0.610. The molecule has 1 saturated heterocycles. The van der Waals surface area contributed by atoms with E-state index in [9.17, 15) is 4.79 Å². The predicted molar refractivity (Wildman–Crippen MR) is 65.9 cm³/mol. The van der Waals surface area contributed by atoms with Crippen LogP contribution in [0.15, 0.2) is 0 Å². The maximum atomic E-state index is 11.2. The van der Waals surface area contributed by atoms with Gasteiger partial charge in [0.15, 0.2) is 0 Å². The average Bonchev–Trinajstić information content (AvgIpc) is 2.27. The molecule has 4 heteroatoms. The molecule has 0 aliphatic carbocycles. The van der Waals surface area contributed by atoms with Crippen LogP contribution < -0.4 is 11.5 Å². The number of carbonyl (C=O) groups is 1. The molecule has 1 unspecified atom stereocenters. The van der Waals surface area contributed by atoms with E-state index < -0.39 is 11.4 Å². The van der Waals surface area contributed by atoms with Crippen LogP contribution >= 0.6 is 0 Å². The summed E-state index contributed by atoms with van der Waals surface area (Å²) in [5, 5.41) is 0. The summed E-state index contributed by atoms with van der Waals surface area (Å²) in [4.78, 5) is 13.4. The number of likely N-dealkylation sites (tertiary alicyclic amines) is 1.